The van der Waals surface area contributed by atoms with Crippen molar-refractivity contribution in [3.05, 3.63) is 51.4 Å². The van der Waals surface area contributed by atoms with Crippen LogP contribution < -0.4 is 0 Å². The highest BCUT2D eigenvalue weighted by atomic mass is 35.5. The van der Waals surface area contributed by atoms with E-state index in [0.717, 1.165) is 5.56 Å². The van der Waals surface area contributed by atoms with Gasteiger partial charge in [0.2, 0.25) is 5.28 Å². The van der Waals surface area contributed by atoms with Gasteiger partial charge in [0.25, 0.3) is 0 Å². The lowest BCUT2D eigenvalue weighted by Gasteiger charge is -1.96. The van der Waals surface area contributed by atoms with Gasteiger partial charge in [-0.1, -0.05) is 35.3 Å². The molecule has 0 spiro atoms. The van der Waals surface area contributed by atoms with E-state index in [4.69, 9.17) is 34.8 Å². The van der Waals surface area contributed by atoms with Crippen LogP contribution >= 0.6 is 34.8 Å². The van der Waals surface area contributed by atoms with Gasteiger partial charge < -0.3 is 0 Å². The second-order valence-electron chi connectivity index (χ2n) is 3.13. The van der Waals surface area contributed by atoms with Crippen LogP contribution in [-0.2, 0) is 0 Å². The molecule has 1 aromatic heterocycles. The molecule has 0 aliphatic heterocycles. The first-order chi connectivity index (χ1) is 8.13. The zero-order valence-corrected chi connectivity index (χ0v) is 10.7. The second kappa shape index (κ2) is 5.45. The fraction of sp³-hybridized carbons (Fsp3) is 0. The lowest BCUT2D eigenvalue weighted by molar-refractivity contribution is 1.15. The Morgan fingerprint density at radius 2 is 1.71 bits per heavy atom. The molecule has 0 N–H and O–H groups in total. The van der Waals surface area contributed by atoms with E-state index >= 15 is 0 Å². The Morgan fingerprint density at radius 1 is 1.00 bits per heavy atom. The molecule has 6 heteroatoms. The third-order valence-electron chi connectivity index (χ3n) is 1.87. The van der Waals surface area contributed by atoms with E-state index in [0.29, 0.717) is 10.8 Å². The van der Waals surface area contributed by atoms with E-state index in [9.17, 15) is 0 Å². The van der Waals surface area contributed by atoms with E-state index in [2.05, 4.69) is 15.0 Å². The van der Waals surface area contributed by atoms with Crippen molar-refractivity contribution < 1.29 is 0 Å². The van der Waals surface area contributed by atoms with Gasteiger partial charge in [-0.25, -0.2) is 9.98 Å². The Morgan fingerprint density at radius 3 is 2.35 bits per heavy atom. The second-order valence-corrected chi connectivity index (χ2v) is 4.29. The van der Waals surface area contributed by atoms with E-state index in [-0.39, 0.29) is 10.4 Å². The molecule has 0 unspecified atom stereocenters. The molecule has 3 nitrogen and oxygen atoms in total. The maximum Gasteiger partial charge on any atom is 0.225 e. The van der Waals surface area contributed by atoms with Gasteiger partial charge in [0.05, 0.1) is 0 Å². The largest absolute Gasteiger partial charge is 0.236 e. The van der Waals surface area contributed by atoms with Crippen molar-refractivity contribution in [3.63, 3.8) is 0 Å². The summed E-state index contributed by atoms with van der Waals surface area (Å²) in [5.41, 5.74) is 0.903. The third-order valence-corrected chi connectivity index (χ3v) is 2.48. The van der Waals surface area contributed by atoms with Crippen molar-refractivity contribution >= 4 is 46.8 Å². The van der Waals surface area contributed by atoms with Gasteiger partial charge in [0.15, 0.2) is 5.82 Å². The Bertz CT molecular complexity index is 532. The van der Waals surface area contributed by atoms with Gasteiger partial charge in [0.1, 0.15) is 5.15 Å². The average molecular weight is 287 g/mol. The first kappa shape index (κ1) is 12.3. The number of nitrogens with zero attached hydrogens (tertiary/aromatic N) is 3. The topological polar surface area (TPSA) is 38.1 Å². The normalized spacial score (nSPS) is 11.0. The zero-order chi connectivity index (χ0) is 12.3. The van der Waals surface area contributed by atoms with Crippen molar-refractivity contribution in [2.24, 2.45) is 4.99 Å². The average Bonchev–Trinajstić information content (AvgIpc) is 2.27. The van der Waals surface area contributed by atoms with E-state index in [1.165, 1.54) is 6.07 Å². The molecule has 0 aliphatic carbocycles. The van der Waals surface area contributed by atoms with Crippen molar-refractivity contribution in [2.75, 3.05) is 0 Å². The molecule has 0 saturated heterocycles. The predicted molar refractivity (Wildman–Crippen MR) is 70.8 cm³/mol. The minimum absolute atomic E-state index is 0.0701. The summed E-state index contributed by atoms with van der Waals surface area (Å²) in [5, 5.41) is 1.00. The van der Waals surface area contributed by atoms with Crippen LogP contribution in [0.1, 0.15) is 5.56 Å². The number of hydrogen-bond donors (Lipinski definition) is 0. The van der Waals surface area contributed by atoms with Crippen LogP contribution in [-0.4, -0.2) is 16.2 Å². The van der Waals surface area contributed by atoms with E-state index in [1.54, 1.807) is 18.3 Å². The van der Waals surface area contributed by atoms with Crippen LogP contribution in [0.15, 0.2) is 35.3 Å². The first-order valence-electron chi connectivity index (χ1n) is 4.63. The van der Waals surface area contributed by atoms with Crippen molar-refractivity contribution in [1.82, 2.24) is 9.97 Å². The Hall–Kier alpha value is -1.16. The fourth-order valence-corrected chi connectivity index (χ4v) is 1.66. The Labute approximate surface area is 113 Å². The first-order valence-corrected chi connectivity index (χ1v) is 5.76. The minimum Gasteiger partial charge on any atom is -0.236 e. The van der Waals surface area contributed by atoms with Crippen molar-refractivity contribution in [3.8, 4) is 0 Å². The van der Waals surface area contributed by atoms with Gasteiger partial charge in [0, 0.05) is 17.3 Å². The molecule has 86 valence electrons. The Kier molecular flexibility index (Phi) is 3.94. The molecule has 0 aliphatic rings. The van der Waals surface area contributed by atoms with Crippen LogP contribution in [0.2, 0.25) is 15.5 Å². The summed E-state index contributed by atoms with van der Waals surface area (Å²) in [6.07, 6.45) is 1.64. The van der Waals surface area contributed by atoms with Crippen LogP contribution in [0.5, 0.6) is 0 Å². The summed E-state index contributed by atoms with van der Waals surface area (Å²) in [6, 6.07) is 8.78. The standard InChI is InChI=1S/C11H6Cl3N3/c12-8-3-1-7(2-4-8)6-15-10-5-9(13)16-11(14)17-10/h1-6H/b15-6+. The molecule has 0 bridgehead atoms. The molecular weight excluding hydrogens is 281 g/mol. The molecule has 0 amide bonds. The third kappa shape index (κ3) is 3.66. The fourth-order valence-electron chi connectivity index (χ4n) is 1.13. The van der Waals surface area contributed by atoms with Crippen LogP contribution in [0.4, 0.5) is 5.82 Å². The number of aliphatic imine (C=N–C) groups is 1. The lowest BCUT2D eigenvalue weighted by atomic mass is 10.2. The number of halogens is 3. The molecule has 0 radical (unpaired) electrons. The smallest absolute Gasteiger partial charge is 0.225 e. The molecule has 0 atom stereocenters. The molecule has 1 aromatic carbocycles. The molecule has 17 heavy (non-hydrogen) atoms. The molecule has 0 saturated carbocycles. The maximum absolute atomic E-state index is 5.77. The number of rotatable bonds is 2. The Balaban J connectivity index is 2.22. The highest BCUT2D eigenvalue weighted by Crippen LogP contribution is 2.17. The van der Waals surface area contributed by atoms with Gasteiger partial charge in [-0.2, -0.15) is 4.98 Å². The molecule has 2 aromatic rings. The highest BCUT2D eigenvalue weighted by molar-refractivity contribution is 6.32. The number of aromatic nitrogens is 2. The summed E-state index contributed by atoms with van der Waals surface area (Å²) < 4.78 is 0. The van der Waals surface area contributed by atoms with Gasteiger partial charge >= 0.3 is 0 Å². The summed E-state index contributed by atoms with van der Waals surface area (Å²) in [4.78, 5) is 11.8. The van der Waals surface area contributed by atoms with Crippen LogP contribution in [0.25, 0.3) is 0 Å². The quantitative estimate of drug-likeness (QED) is 0.472. The van der Waals surface area contributed by atoms with Crippen molar-refractivity contribution in [1.29, 1.82) is 0 Å². The van der Waals surface area contributed by atoms with Gasteiger partial charge in [-0.05, 0) is 29.3 Å². The monoisotopic (exact) mass is 285 g/mol. The van der Waals surface area contributed by atoms with Crippen LogP contribution in [0, 0.1) is 0 Å². The molecule has 1 heterocycles. The summed E-state index contributed by atoms with van der Waals surface area (Å²) in [7, 11) is 0. The predicted octanol–water partition coefficient (Wildman–Crippen LogP) is 4.19. The SMILES string of the molecule is Clc1ccc(/C=N/c2cc(Cl)nc(Cl)n2)cc1. The lowest BCUT2D eigenvalue weighted by Crippen LogP contribution is -1.84. The summed E-state index contributed by atoms with van der Waals surface area (Å²) in [6.45, 7) is 0. The summed E-state index contributed by atoms with van der Waals surface area (Å²) >= 11 is 17.2. The number of benzene rings is 1. The van der Waals surface area contributed by atoms with Crippen molar-refractivity contribution in [2.45, 2.75) is 0 Å². The highest BCUT2D eigenvalue weighted by Gasteiger charge is 1.98. The summed E-state index contributed by atoms with van der Waals surface area (Å²) in [5.74, 6) is 0.407. The molecular formula is C11H6Cl3N3. The van der Waals surface area contributed by atoms with E-state index < -0.39 is 0 Å². The maximum atomic E-state index is 5.77. The van der Waals surface area contributed by atoms with Crippen LogP contribution in [0.3, 0.4) is 0 Å². The molecule has 2 rings (SSSR count). The number of hydrogen-bond acceptors (Lipinski definition) is 3. The molecule has 0 fully saturated rings. The van der Waals surface area contributed by atoms with E-state index in [1.807, 2.05) is 12.1 Å². The van der Waals surface area contributed by atoms with Gasteiger partial charge in [-0.3, -0.25) is 0 Å². The van der Waals surface area contributed by atoms with Gasteiger partial charge in [-0.15, -0.1) is 0 Å². The zero-order valence-electron chi connectivity index (χ0n) is 8.44. The minimum atomic E-state index is 0.0701.